The second-order valence-electron chi connectivity index (χ2n) is 4.25. The van der Waals surface area contributed by atoms with Crippen LogP contribution in [0, 0.1) is 16.0 Å². The predicted octanol–water partition coefficient (Wildman–Crippen LogP) is 2.36. The van der Waals surface area contributed by atoms with Crippen LogP contribution in [0.3, 0.4) is 0 Å². The van der Waals surface area contributed by atoms with Crippen LogP contribution in [0.25, 0.3) is 0 Å². The minimum absolute atomic E-state index is 0.000969. The van der Waals surface area contributed by atoms with Gasteiger partial charge in [-0.2, -0.15) is 0 Å². The summed E-state index contributed by atoms with van der Waals surface area (Å²) in [5.41, 5.74) is 0.704. The van der Waals surface area contributed by atoms with Crippen molar-refractivity contribution >= 4 is 11.7 Å². The van der Waals surface area contributed by atoms with Gasteiger partial charge in [0, 0.05) is 12.1 Å². The average molecular weight is 263 g/mol. The third-order valence-corrected chi connectivity index (χ3v) is 3.07. The van der Waals surface area contributed by atoms with Crippen LogP contribution in [0.1, 0.15) is 18.6 Å². The van der Waals surface area contributed by atoms with Gasteiger partial charge in [-0.25, -0.2) is 4.79 Å². The van der Waals surface area contributed by atoms with Crippen molar-refractivity contribution < 1.29 is 19.2 Å². The molecule has 2 atom stereocenters. The van der Waals surface area contributed by atoms with Gasteiger partial charge in [0.05, 0.1) is 24.0 Å². The fourth-order valence-corrected chi connectivity index (χ4v) is 2.05. The Labute approximate surface area is 109 Å². The number of nitro groups is 1. The first-order valence-electron chi connectivity index (χ1n) is 5.73. The summed E-state index contributed by atoms with van der Waals surface area (Å²) in [4.78, 5) is 21.6. The molecule has 1 aromatic rings. The summed E-state index contributed by atoms with van der Waals surface area (Å²) in [5.74, 6) is -0.0675. The summed E-state index contributed by atoms with van der Waals surface area (Å²) < 4.78 is 10.4. The van der Waals surface area contributed by atoms with Crippen LogP contribution in [0.15, 0.2) is 36.1 Å². The molecule has 0 N–H and O–H groups in total. The van der Waals surface area contributed by atoms with E-state index in [-0.39, 0.29) is 11.6 Å². The third-order valence-electron chi connectivity index (χ3n) is 3.07. The van der Waals surface area contributed by atoms with E-state index in [1.807, 2.05) is 6.92 Å². The molecule has 0 amide bonds. The van der Waals surface area contributed by atoms with Gasteiger partial charge in [-0.3, -0.25) is 10.1 Å². The number of nitro benzene ring substituents is 1. The lowest BCUT2D eigenvalue weighted by atomic mass is 9.93. The van der Waals surface area contributed by atoms with Crippen LogP contribution in [-0.2, 0) is 14.3 Å². The lowest BCUT2D eigenvalue weighted by Gasteiger charge is -2.28. The molecule has 1 heterocycles. The number of rotatable bonds is 3. The van der Waals surface area contributed by atoms with E-state index >= 15 is 0 Å². The molecule has 6 heteroatoms. The number of benzene rings is 1. The first kappa shape index (κ1) is 13.1. The second kappa shape index (κ2) is 5.09. The normalized spacial score (nSPS) is 22.4. The van der Waals surface area contributed by atoms with E-state index in [0.29, 0.717) is 11.3 Å². The van der Waals surface area contributed by atoms with Crippen molar-refractivity contribution in [2.24, 2.45) is 5.92 Å². The fourth-order valence-electron chi connectivity index (χ4n) is 2.05. The summed E-state index contributed by atoms with van der Waals surface area (Å²) in [5, 5.41) is 10.6. The summed E-state index contributed by atoms with van der Waals surface area (Å²) in [6.07, 6.45) is 0.820. The minimum Gasteiger partial charge on any atom is -0.500 e. The number of ether oxygens (including phenoxy) is 2. The lowest BCUT2D eigenvalue weighted by Crippen LogP contribution is -2.24. The number of non-ortho nitro benzene ring substituents is 1. The Balaban J connectivity index is 2.29. The van der Waals surface area contributed by atoms with E-state index < -0.39 is 17.0 Å². The number of hydrogen-bond donors (Lipinski definition) is 0. The molecule has 0 bridgehead atoms. The molecule has 0 saturated heterocycles. The highest BCUT2D eigenvalue weighted by molar-refractivity contribution is 5.83. The number of esters is 1. The van der Waals surface area contributed by atoms with Crippen LogP contribution in [-0.4, -0.2) is 18.0 Å². The van der Waals surface area contributed by atoms with E-state index in [2.05, 4.69) is 0 Å². The Hall–Kier alpha value is -2.37. The Kier molecular flexibility index (Phi) is 3.50. The SMILES string of the molecule is COC1=CC(=O)O[C@H](c2ccc([N+](=O)[O-])cc2)[C@H]1C. The van der Waals surface area contributed by atoms with Gasteiger partial charge in [-0.1, -0.05) is 6.92 Å². The standard InChI is InChI=1S/C13H13NO5/c1-8-11(18-2)7-12(15)19-13(8)9-3-5-10(6-4-9)14(16)17/h3-8,13H,1-2H3/t8-,13-/m0/s1. The molecule has 0 aromatic heterocycles. The van der Waals surface area contributed by atoms with Gasteiger partial charge >= 0.3 is 5.97 Å². The first-order chi connectivity index (χ1) is 9.02. The largest absolute Gasteiger partial charge is 0.500 e. The van der Waals surface area contributed by atoms with Crippen LogP contribution >= 0.6 is 0 Å². The van der Waals surface area contributed by atoms with Gasteiger partial charge in [0.25, 0.3) is 5.69 Å². The summed E-state index contributed by atoms with van der Waals surface area (Å²) in [6, 6.07) is 5.96. The maximum Gasteiger partial charge on any atom is 0.334 e. The Morgan fingerprint density at radius 1 is 1.32 bits per heavy atom. The quantitative estimate of drug-likeness (QED) is 0.475. The highest BCUT2D eigenvalue weighted by Crippen LogP contribution is 2.35. The molecule has 0 aliphatic carbocycles. The van der Waals surface area contributed by atoms with Gasteiger partial charge < -0.3 is 9.47 Å². The Bertz CT molecular complexity index is 534. The van der Waals surface area contributed by atoms with Crippen molar-refractivity contribution in [1.82, 2.24) is 0 Å². The minimum atomic E-state index is -0.492. The van der Waals surface area contributed by atoms with Gasteiger partial charge in [-0.15, -0.1) is 0 Å². The molecular formula is C13H13NO5. The maximum absolute atomic E-state index is 11.4. The van der Waals surface area contributed by atoms with Crippen molar-refractivity contribution in [1.29, 1.82) is 0 Å². The maximum atomic E-state index is 11.4. The number of carbonyl (C=O) groups excluding carboxylic acids is 1. The van der Waals surface area contributed by atoms with Crippen molar-refractivity contribution in [2.75, 3.05) is 7.11 Å². The van der Waals surface area contributed by atoms with E-state index in [9.17, 15) is 14.9 Å². The molecule has 0 spiro atoms. The average Bonchev–Trinajstić information content (AvgIpc) is 2.41. The van der Waals surface area contributed by atoms with Crippen LogP contribution < -0.4 is 0 Å². The van der Waals surface area contributed by atoms with Crippen LogP contribution in [0.4, 0.5) is 5.69 Å². The third kappa shape index (κ3) is 2.57. The van der Waals surface area contributed by atoms with E-state index in [1.165, 1.54) is 25.3 Å². The fraction of sp³-hybridized carbons (Fsp3) is 0.308. The topological polar surface area (TPSA) is 78.7 Å². The van der Waals surface area contributed by atoms with E-state index in [0.717, 1.165) is 0 Å². The molecule has 1 aromatic carbocycles. The van der Waals surface area contributed by atoms with Gasteiger partial charge in [0.15, 0.2) is 0 Å². The molecule has 6 nitrogen and oxygen atoms in total. The number of cyclic esters (lactones) is 1. The van der Waals surface area contributed by atoms with Gasteiger partial charge in [-0.05, 0) is 17.7 Å². The van der Waals surface area contributed by atoms with Crippen LogP contribution in [0.5, 0.6) is 0 Å². The predicted molar refractivity (Wildman–Crippen MR) is 66.2 cm³/mol. The number of nitrogens with zero attached hydrogens (tertiary/aromatic N) is 1. The molecule has 0 saturated carbocycles. The van der Waals surface area contributed by atoms with Gasteiger partial charge in [0.1, 0.15) is 11.9 Å². The summed E-state index contributed by atoms with van der Waals surface area (Å²) >= 11 is 0. The van der Waals surface area contributed by atoms with Crippen molar-refractivity contribution in [3.63, 3.8) is 0 Å². The molecule has 0 fully saturated rings. The number of carbonyl (C=O) groups is 1. The highest BCUT2D eigenvalue weighted by Gasteiger charge is 2.31. The van der Waals surface area contributed by atoms with E-state index in [1.54, 1.807) is 12.1 Å². The monoisotopic (exact) mass is 263 g/mol. The van der Waals surface area contributed by atoms with Crippen molar-refractivity contribution in [2.45, 2.75) is 13.0 Å². The molecule has 0 unspecified atom stereocenters. The molecular weight excluding hydrogens is 250 g/mol. The van der Waals surface area contributed by atoms with Gasteiger partial charge in [0.2, 0.25) is 0 Å². The Morgan fingerprint density at radius 3 is 2.47 bits per heavy atom. The summed E-state index contributed by atoms with van der Waals surface area (Å²) in [6.45, 7) is 1.87. The molecule has 2 rings (SSSR count). The first-order valence-corrected chi connectivity index (χ1v) is 5.73. The zero-order valence-electron chi connectivity index (χ0n) is 10.5. The summed E-state index contributed by atoms with van der Waals surface area (Å²) in [7, 11) is 1.49. The smallest absolute Gasteiger partial charge is 0.334 e. The second-order valence-corrected chi connectivity index (χ2v) is 4.25. The zero-order valence-corrected chi connectivity index (χ0v) is 10.5. The molecule has 19 heavy (non-hydrogen) atoms. The molecule has 0 radical (unpaired) electrons. The Morgan fingerprint density at radius 2 is 1.95 bits per heavy atom. The number of methoxy groups -OCH3 is 1. The zero-order chi connectivity index (χ0) is 14.0. The van der Waals surface area contributed by atoms with Crippen LogP contribution in [0.2, 0.25) is 0 Å². The van der Waals surface area contributed by atoms with Crippen molar-refractivity contribution in [3.8, 4) is 0 Å². The number of hydrogen-bond acceptors (Lipinski definition) is 5. The van der Waals surface area contributed by atoms with Crippen molar-refractivity contribution in [3.05, 3.63) is 51.8 Å². The highest BCUT2D eigenvalue weighted by atomic mass is 16.6. The van der Waals surface area contributed by atoms with E-state index in [4.69, 9.17) is 9.47 Å². The lowest BCUT2D eigenvalue weighted by molar-refractivity contribution is -0.384. The molecule has 1 aliphatic heterocycles. The molecule has 1 aliphatic rings. The molecule has 100 valence electrons.